The Morgan fingerprint density at radius 1 is 1.31 bits per heavy atom. The maximum Gasteiger partial charge on any atom is 0.223 e. The molecule has 90 valence electrons. The lowest BCUT2D eigenvalue weighted by Gasteiger charge is -2.29. The average molecular weight is 226 g/mol. The fourth-order valence-corrected chi connectivity index (χ4v) is 1.53. The van der Waals surface area contributed by atoms with Crippen molar-refractivity contribution in [2.45, 2.75) is 12.5 Å². The van der Waals surface area contributed by atoms with Crippen LogP contribution >= 0.6 is 0 Å². The van der Waals surface area contributed by atoms with Gasteiger partial charge in [0.1, 0.15) is 11.4 Å². The second-order valence-corrected chi connectivity index (χ2v) is 3.54. The molecule has 1 aromatic rings. The third-order valence-corrected chi connectivity index (χ3v) is 2.66. The Labute approximate surface area is 95.5 Å². The van der Waals surface area contributed by atoms with Crippen molar-refractivity contribution in [3.05, 3.63) is 17.8 Å². The molecule has 0 aliphatic rings. The first-order valence-corrected chi connectivity index (χ1v) is 4.95. The van der Waals surface area contributed by atoms with Crippen LogP contribution in [0.4, 0.5) is 0 Å². The van der Waals surface area contributed by atoms with Crippen molar-refractivity contribution in [3.8, 4) is 11.6 Å². The first-order valence-electron chi connectivity index (χ1n) is 4.95. The fraction of sp³-hybridized carbons (Fsp3) is 0.545. The standard InChI is InChI=1S/C11H18N2O3/c1-11(7-12,16-4)9-8(14-2)5-6-13-10(9)15-3/h5-6H,7,12H2,1-4H3. The summed E-state index contributed by atoms with van der Waals surface area (Å²) in [6.07, 6.45) is 1.62. The van der Waals surface area contributed by atoms with E-state index >= 15 is 0 Å². The quantitative estimate of drug-likeness (QED) is 0.808. The predicted molar refractivity (Wildman–Crippen MR) is 60.8 cm³/mol. The monoisotopic (exact) mass is 226 g/mol. The second kappa shape index (κ2) is 5.14. The van der Waals surface area contributed by atoms with Crippen LogP contribution in [0.2, 0.25) is 0 Å². The van der Waals surface area contributed by atoms with E-state index < -0.39 is 5.60 Å². The van der Waals surface area contributed by atoms with Gasteiger partial charge in [-0.05, 0) is 13.0 Å². The Morgan fingerprint density at radius 2 is 2.00 bits per heavy atom. The number of pyridine rings is 1. The number of hydrogen-bond acceptors (Lipinski definition) is 5. The third-order valence-electron chi connectivity index (χ3n) is 2.66. The van der Waals surface area contributed by atoms with Crippen molar-refractivity contribution < 1.29 is 14.2 Å². The van der Waals surface area contributed by atoms with Crippen molar-refractivity contribution >= 4 is 0 Å². The second-order valence-electron chi connectivity index (χ2n) is 3.54. The first-order chi connectivity index (χ1) is 7.62. The summed E-state index contributed by atoms with van der Waals surface area (Å²) < 4.78 is 15.9. The van der Waals surface area contributed by atoms with Gasteiger partial charge in [0.15, 0.2) is 0 Å². The van der Waals surface area contributed by atoms with Crippen LogP contribution in [0.15, 0.2) is 12.3 Å². The first kappa shape index (κ1) is 12.7. The van der Waals surface area contributed by atoms with E-state index in [1.807, 2.05) is 6.92 Å². The lowest BCUT2D eigenvalue weighted by atomic mass is 9.96. The predicted octanol–water partition coefficient (Wildman–Crippen LogP) is 0.919. The van der Waals surface area contributed by atoms with Crippen LogP contribution in [0, 0.1) is 0 Å². The fourth-order valence-electron chi connectivity index (χ4n) is 1.53. The number of ether oxygens (including phenoxy) is 3. The summed E-state index contributed by atoms with van der Waals surface area (Å²) in [5.74, 6) is 1.12. The van der Waals surface area contributed by atoms with Gasteiger partial charge in [-0.3, -0.25) is 0 Å². The van der Waals surface area contributed by atoms with Gasteiger partial charge in [0.05, 0.1) is 19.8 Å². The van der Waals surface area contributed by atoms with Gasteiger partial charge >= 0.3 is 0 Å². The Balaban J connectivity index is 3.38. The number of hydrogen-bond donors (Lipinski definition) is 1. The van der Waals surface area contributed by atoms with E-state index in [1.54, 1.807) is 33.6 Å². The summed E-state index contributed by atoms with van der Waals surface area (Å²) in [6.45, 7) is 2.18. The molecule has 1 heterocycles. The molecule has 2 N–H and O–H groups in total. The SMILES string of the molecule is COc1ccnc(OC)c1C(C)(CN)OC. The summed E-state index contributed by atoms with van der Waals surface area (Å²) in [7, 11) is 4.74. The molecule has 5 heteroatoms. The van der Waals surface area contributed by atoms with E-state index in [0.29, 0.717) is 18.2 Å². The van der Waals surface area contributed by atoms with Crippen LogP contribution in [-0.2, 0) is 10.3 Å². The molecule has 0 bridgehead atoms. The molecule has 0 aliphatic carbocycles. The zero-order valence-corrected chi connectivity index (χ0v) is 10.1. The highest BCUT2D eigenvalue weighted by atomic mass is 16.5. The molecule has 1 rings (SSSR count). The van der Waals surface area contributed by atoms with Crippen molar-refractivity contribution in [1.82, 2.24) is 4.98 Å². The van der Waals surface area contributed by atoms with Crippen LogP contribution < -0.4 is 15.2 Å². The molecule has 0 amide bonds. The number of aromatic nitrogens is 1. The lowest BCUT2D eigenvalue weighted by Crippen LogP contribution is -2.34. The van der Waals surface area contributed by atoms with E-state index in [2.05, 4.69) is 4.98 Å². The normalized spacial score (nSPS) is 14.3. The maximum absolute atomic E-state index is 5.73. The minimum atomic E-state index is -0.676. The molecule has 0 saturated carbocycles. The minimum Gasteiger partial charge on any atom is -0.496 e. The Kier molecular flexibility index (Phi) is 4.09. The summed E-state index contributed by atoms with van der Waals surface area (Å²) >= 11 is 0. The lowest BCUT2D eigenvalue weighted by molar-refractivity contribution is 0.00580. The maximum atomic E-state index is 5.73. The highest BCUT2D eigenvalue weighted by Crippen LogP contribution is 2.37. The van der Waals surface area contributed by atoms with Crippen LogP contribution in [0.5, 0.6) is 11.6 Å². The number of nitrogens with two attached hydrogens (primary N) is 1. The number of nitrogens with zero attached hydrogens (tertiary/aromatic N) is 1. The molecule has 0 saturated heterocycles. The van der Waals surface area contributed by atoms with Crippen LogP contribution in [0.1, 0.15) is 12.5 Å². The highest BCUT2D eigenvalue weighted by Gasteiger charge is 2.32. The Bertz CT molecular complexity index is 329. The smallest absolute Gasteiger partial charge is 0.223 e. The van der Waals surface area contributed by atoms with Gasteiger partial charge in [0, 0.05) is 19.9 Å². The van der Waals surface area contributed by atoms with Crippen molar-refractivity contribution in [1.29, 1.82) is 0 Å². The minimum absolute atomic E-state index is 0.307. The Morgan fingerprint density at radius 3 is 2.44 bits per heavy atom. The van der Waals surface area contributed by atoms with Crippen LogP contribution in [0.3, 0.4) is 0 Å². The molecule has 16 heavy (non-hydrogen) atoms. The van der Waals surface area contributed by atoms with Gasteiger partial charge in [0.25, 0.3) is 0 Å². The molecule has 1 unspecified atom stereocenters. The highest BCUT2D eigenvalue weighted by molar-refractivity contribution is 5.44. The molecule has 0 fully saturated rings. The molecule has 0 aromatic carbocycles. The molecule has 0 spiro atoms. The molecule has 1 atom stereocenters. The van der Waals surface area contributed by atoms with Gasteiger partial charge < -0.3 is 19.9 Å². The average Bonchev–Trinajstić information content (AvgIpc) is 2.36. The third kappa shape index (κ3) is 2.10. The van der Waals surface area contributed by atoms with Gasteiger partial charge in [-0.2, -0.15) is 0 Å². The van der Waals surface area contributed by atoms with Crippen molar-refractivity contribution in [3.63, 3.8) is 0 Å². The molecular formula is C11H18N2O3. The van der Waals surface area contributed by atoms with E-state index in [-0.39, 0.29) is 0 Å². The van der Waals surface area contributed by atoms with Crippen LogP contribution in [0.25, 0.3) is 0 Å². The van der Waals surface area contributed by atoms with E-state index in [4.69, 9.17) is 19.9 Å². The zero-order valence-electron chi connectivity index (χ0n) is 10.1. The summed E-state index contributed by atoms with van der Waals surface area (Å²) in [5.41, 5.74) is 5.78. The number of rotatable bonds is 5. The van der Waals surface area contributed by atoms with Gasteiger partial charge in [-0.25, -0.2) is 4.98 Å². The molecule has 5 nitrogen and oxygen atoms in total. The van der Waals surface area contributed by atoms with Gasteiger partial charge in [0.2, 0.25) is 5.88 Å². The molecule has 1 aromatic heterocycles. The topological polar surface area (TPSA) is 66.6 Å². The Hall–Kier alpha value is -1.33. The largest absolute Gasteiger partial charge is 0.496 e. The molecule has 0 radical (unpaired) electrons. The molecular weight excluding hydrogens is 208 g/mol. The van der Waals surface area contributed by atoms with Crippen molar-refractivity contribution in [2.75, 3.05) is 27.9 Å². The summed E-state index contributed by atoms with van der Waals surface area (Å²) in [4.78, 5) is 4.13. The van der Waals surface area contributed by atoms with E-state index in [1.165, 1.54) is 0 Å². The van der Waals surface area contributed by atoms with E-state index in [9.17, 15) is 0 Å². The number of methoxy groups -OCH3 is 3. The summed E-state index contributed by atoms with van der Waals surface area (Å²) in [5, 5.41) is 0. The molecule has 0 aliphatic heterocycles. The van der Waals surface area contributed by atoms with Crippen LogP contribution in [-0.4, -0.2) is 32.9 Å². The van der Waals surface area contributed by atoms with Crippen molar-refractivity contribution in [2.24, 2.45) is 5.73 Å². The van der Waals surface area contributed by atoms with Gasteiger partial charge in [-0.15, -0.1) is 0 Å². The summed E-state index contributed by atoms with van der Waals surface area (Å²) in [6, 6.07) is 1.75. The van der Waals surface area contributed by atoms with E-state index in [0.717, 1.165) is 5.56 Å². The van der Waals surface area contributed by atoms with Gasteiger partial charge in [-0.1, -0.05) is 0 Å². The zero-order chi connectivity index (χ0) is 12.2.